The van der Waals surface area contributed by atoms with Crippen molar-refractivity contribution < 1.29 is 0 Å². The Morgan fingerprint density at radius 1 is 0.850 bits per heavy atom. The van der Waals surface area contributed by atoms with Crippen molar-refractivity contribution in [1.29, 1.82) is 0 Å². The minimum absolute atomic E-state index is 0.335. The Morgan fingerprint density at radius 2 is 1.70 bits per heavy atom. The monoisotopic (exact) mass is 301 g/mol. The summed E-state index contributed by atoms with van der Waals surface area (Å²) >= 11 is 12.4. The van der Waals surface area contributed by atoms with E-state index < -0.39 is 0 Å². The van der Waals surface area contributed by atoms with Gasteiger partial charge in [-0.15, -0.1) is 0 Å². The molecule has 0 spiro atoms. The Balaban J connectivity index is 2.26. The van der Waals surface area contributed by atoms with E-state index in [4.69, 9.17) is 23.2 Å². The Labute approximate surface area is 126 Å². The maximum atomic E-state index is 6.24. The highest BCUT2D eigenvalue weighted by atomic mass is 35.5. The molecule has 3 aromatic rings. The molecule has 3 rings (SSSR count). The van der Waals surface area contributed by atoms with Gasteiger partial charge in [-0.1, -0.05) is 35.3 Å². The minimum atomic E-state index is 0.335. The first-order chi connectivity index (χ1) is 9.77. The number of rotatable bonds is 2. The topological polar surface area (TPSA) is 38.7 Å². The molecule has 3 aromatic heterocycles. The number of halogens is 2. The number of hydrogen-bond donors (Lipinski definition) is 0. The fourth-order valence-corrected chi connectivity index (χ4v) is 2.52. The fraction of sp³-hybridized carbons (Fsp3) is 0. The van der Waals surface area contributed by atoms with E-state index in [9.17, 15) is 0 Å². The molecular weight excluding hydrogens is 293 g/mol. The highest BCUT2D eigenvalue weighted by molar-refractivity contribution is 6.38. The van der Waals surface area contributed by atoms with Crippen LogP contribution in [-0.4, -0.2) is 15.0 Å². The van der Waals surface area contributed by atoms with E-state index in [1.807, 2.05) is 24.3 Å². The van der Waals surface area contributed by atoms with Crippen LogP contribution in [0.1, 0.15) is 0 Å². The standard InChI is InChI=1S/C15H9Cl2N3/c16-12-5-8-20-15(17)13(12)14-11(4-2-7-19-14)10-3-1-6-18-9-10/h1-9H. The number of aromatic nitrogens is 3. The van der Waals surface area contributed by atoms with Gasteiger partial charge in [0.1, 0.15) is 5.15 Å². The van der Waals surface area contributed by atoms with Crippen LogP contribution < -0.4 is 0 Å². The lowest BCUT2D eigenvalue weighted by Crippen LogP contribution is -1.92. The van der Waals surface area contributed by atoms with E-state index in [-0.39, 0.29) is 0 Å². The molecule has 3 nitrogen and oxygen atoms in total. The van der Waals surface area contributed by atoms with Crippen molar-refractivity contribution in [2.45, 2.75) is 0 Å². The predicted molar refractivity (Wildman–Crippen MR) is 80.7 cm³/mol. The van der Waals surface area contributed by atoms with Crippen molar-refractivity contribution in [2.24, 2.45) is 0 Å². The van der Waals surface area contributed by atoms with Gasteiger partial charge in [-0.25, -0.2) is 4.98 Å². The first-order valence-corrected chi connectivity index (χ1v) is 6.69. The van der Waals surface area contributed by atoms with Gasteiger partial charge >= 0.3 is 0 Å². The molecule has 0 saturated heterocycles. The van der Waals surface area contributed by atoms with E-state index in [0.717, 1.165) is 11.1 Å². The molecule has 0 atom stereocenters. The van der Waals surface area contributed by atoms with Gasteiger partial charge in [0.25, 0.3) is 0 Å². The third-order valence-electron chi connectivity index (χ3n) is 2.87. The van der Waals surface area contributed by atoms with Crippen LogP contribution in [0, 0.1) is 0 Å². The quantitative estimate of drug-likeness (QED) is 0.654. The van der Waals surface area contributed by atoms with Crippen molar-refractivity contribution in [3.63, 3.8) is 0 Å². The summed E-state index contributed by atoms with van der Waals surface area (Å²) in [6.45, 7) is 0. The molecule has 5 heteroatoms. The molecule has 0 saturated carbocycles. The van der Waals surface area contributed by atoms with Crippen LogP contribution in [0.25, 0.3) is 22.4 Å². The second-order valence-electron chi connectivity index (χ2n) is 4.10. The van der Waals surface area contributed by atoms with Gasteiger partial charge in [-0.2, -0.15) is 0 Å². The van der Waals surface area contributed by atoms with Crippen LogP contribution >= 0.6 is 23.2 Å². The molecule has 0 unspecified atom stereocenters. The molecule has 0 aromatic carbocycles. The highest BCUT2D eigenvalue weighted by Gasteiger charge is 2.15. The number of pyridine rings is 3. The normalized spacial score (nSPS) is 10.5. The summed E-state index contributed by atoms with van der Waals surface area (Å²) in [7, 11) is 0. The van der Waals surface area contributed by atoms with Crippen molar-refractivity contribution >= 4 is 23.2 Å². The zero-order valence-electron chi connectivity index (χ0n) is 10.3. The maximum Gasteiger partial charge on any atom is 0.139 e. The van der Waals surface area contributed by atoms with Crippen molar-refractivity contribution in [3.05, 3.63) is 65.3 Å². The number of hydrogen-bond acceptors (Lipinski definition) is 3. The van der Waals surface area contributed by atoms with Crippen LogP contribution in [0.2, 0.25) is 10.2 Å². The van der Waals surface area contributed by atoms with Gasteiger partial charge in [0, 0.05) is 35.9 Å². The largest absolute Gasteiger partial charge is 0.264 e. The van der Waals surface area contributed by atoms with E-state index in [1.165, 1.54) is 0 Å². The zero-order chi connectivity index (χ0) is 13.9. The molecule has 0 aliphatic heterocycles. The Hall–Kier alpha value is -1.97. The third kappa shape index (κ3) is 2.38. The molecule has 0 bridgehead atoms. The number of nitrogens with zero attached hydrogens (tertiary/aromatic N) is 3. The average molecular weight is 302 g/mol. The molecule has 0 fully saturated rings. The van der Waals surface area contributed by atoms with E-state index in [2.05, 4.69) is 15.0 Å². The molecule has 3 heterocycles. The molecule has 0 radical (unpaired) electrons. The third-order valence-corrected chi connectivity index (χ3v) is 3.47. The van der Waals surface area contributed by atoms with Crippen molar-refractivity contribution in [2.75, 3.05) is 0 Å². The summed E-state index contributed by atoms with van der Waals surface area (Å²) in [6, 6.07) is 9.36. The lowest BCUT2D eigenvalue weighted by molar-refractivity contribution is 1.27. The van der Waals surface area contributed by atoms with Crippen molar-refractivity contribution in [3.8, 4) is 22.4 Å². The lowest BCUT2D eigenvalue weighted by atomic mass is 10.0. The lowest BCUT2D eigenvalue weighted by Gasteiger charge is -2.10. The van der Waals surface area contributed by atoms with Crippen LogP contribution in [0.3, 0.4) is 0 Å². The van der Waals surface area contributed by atoms with Gasteiger partial charge in [-0.05, 0) is 18.2 Å². The first-order valence-electron chi connectivity index (χ1n) is 5.93. The minimum Gasteiger partial charge on any atom is -0.264 e. The molecule has 0 aliphatic rings. The van der Waals surface area contributed by atoms with Gasteiger partial charge < -0.3 is 0 Å². The molecule has 20 heavy (non-hydrogen) atoms. The van der Waals surface area contributed by atoms with Crippen LogP contribution in [-0.2, 0) is 0 Å². The van der Waals surface area contributed by atoms with Gasteiger partial charge in [0.15, 0.2) is 0 Å². The van der Waals surface area contributed by atoms with Crippen LogP contribution in [0.4, 0.5) is 0 Å². The Kier molecular flexibility index (Phi) is 3.63. The Bertz CT molecular complexity index is 725. The summed E-state index contributed by atoms with van der Waals surface area (Å²) in [5.41, 5.74) is 3.20. The summed E-state index contributed by atoms with van der Waals surface area (Å²) < 4.78 is 0. The average Bonchev–Trinajstić information content (AvgIpc) is 2.48. The first kappa shape index (κ1) is 13.0. The maximum absolute atomic E-state index is 6.24. The summed E-state index contributed by atoms with van der Waals surface area (Å²) in [4.78, 5) is 12.6. The van der Waals surface area contributed by atoms with Crippen LogP contribution in [0.5, 0.6) is 0 Å². The smallest absolute Gasteiger partial charge is 0.139 e. The summed E-state index contributed by atoms with van der Waals surface area (Å²) in [5, 5.41) is 0.857. The molecule has 98 valence electrons. The van der Waals surface area contributed by atoms with Gasteiger partial charge in [-0.3, -0.25) is 9.97 Å². The second-order valence-corrected chi connectivity index (χ2v) is 4.87. The highest BCUT2D eigenvalue weighted by Crippen LogP contribution is 2.37. The van der Waals surface area contributed by atoms with Crippen LogP contribution in [0.15, 0.2) is 55.1 Å². The fourth-order valence-electron chi connectivity index (χ4n) is 1.98. The van der Waals surface area contributed by atoms with Gasteiger partial charge in [0.05, 0.1) is 16.3 Å². The molecule has 0 aliphatic carbocycles. The molecular formula is C15H9Cl2N3. The van der Waals surface area contributed by atoms with E-state index >= 15 is 0 Å². The zero-order valence-corrected chi connectivity index (χ0v) is 11.8. The molecule has 0 N–H and O–H groups in total. The summed E-state index contributed by atoms with van der Waals surface area (Å²) in [6.07, 6.45) is 6.78. The van der Waals surface area contributed by atoms with Gasteiger partial charge in [0.2, 0.25) is 0 Å². The summed E-state index contributed by atoms with van der Waals surface area (Å²) in [5.74, 6) is 0. The predicted octanol–water partition coefficient (Wildman–Crippen LogP) is 4.51. The Morgan fingerprint density at radius 3 is 2.45 bits per heavy atom. The SMILES string of the molecule is Clc1ccnc(Cl)c1-c1ncccc1-c1cccnc1. The second kappa shape index (κ2) is 5.57. The van der Waals surface area contributed by atoms with Crippen molar-refractivity contribution in [1.82, 2.24) is 15.0 Å². The molecule has 0 amide bonds. The van der Waals surface area contributed by atoms with E-state index in [0.29, 0.717) is 21.4 Å². The van der Waals surface area contributed by atoms with E-state index in [1.54, 1.807) is 30.9 Å².